The molecule has 22 heavy (non-hydrogen) atoms. The predicted octanol–water partition coefficient (Wildman–Crippen LogP) is 2.62. The molecule has 0 bridgehead atoms. The van der Waals surface area contributed by atoms with Gasteiger partial charge in [-0.15, -0.1) is 0 Å². The zero-order valence-electron chi connectivity index (χ0n) is 12.8. The molecule has 0 aliphatic carbocycles. The fourth-order valence-electron chi connectivity index (χ4n) is 2.11. The average molecular weight is 323 g/mol. The largest absolute Gasteiger partial charge is 0.472 e. The molecule has 1 N–H and O–H groups in total. The number of amides is 1. The molecule has 2 rings (SSSR count). The van der Waals surface area contributed by atoms with Crippen molar-refractivity contribution in [2.75, 3.05) is 25.0 Å². The lowest BCUT2D eigenvalue weighted by atomic mass is 9.92. The molecule has 0 fully saturated rings. The molecule has 0 atom stereocenters. The Kier molecular flexibility index (Phi) is 5.03. The zero-order chi connectivity index (χ0) is 16.2. The first kappa shape index (κ1) is 16.3. The molecule has 2 aromatic rings. The smallest absolute Gasteiger partial charge is 0.254 e. The lowest BCUT2D eigenvalue weighted by Gasteiger charge is -2.31. The molecule has 7 heteroatoms. The van der Waals surface area contributed by atoms with Gasteiger partial charge in [-0.25, -0.2) is 4.98 Å². The number of halogens is 1. The Hall–Kier alpha value is -2.08. The molecule has 2 heterocycles. The van der Waals surface area contributed by atoms with Crippen molar-refractivity contribution in [3.8, 4) is 0 Å². The molecule has 0 spiro atoms. The van der Waals surface area contributed by atoms with Crippen LogP contribution < -0.4 is 10.2 Å². The minimum Gasteiger partial charge on any atom is -0.472 e. The summed E-state index contributed by atoms with van der Waals surface area (Å²) in [6.07, 6.45) is 6.06. The van der Waals surface area contributed by atoms with Gasteiger partial charge in [-0.05, 0) is 11.5 Å². The van der Waals surface area contributed by atoms with Gasteiger partial charge in [0.05, 0.1) is 24.2 Å². The Morgan fingerprint density at radius 3 is 2.86 bits per heavy atom. The number of hydrogen-bond acceptors (Lipinski definition) is 5. The lowest BCUT2D eigenvalue weighted by molar-refractivity contribution is 0.0937. The van der Waals surface area contributed by atoms with Gasteiger partial charge in [-0.1, -0.05) is 25.4 Å². The van der Waals surface area contributed by atoms with Crippen molar-refractivity contribution >= 4 is 23.3 Å². The van der Waals surface area contributed by atoms with Crippen LogP contribution in [0.15, 0.2) is 35.4 Å². The van der Waals surface area contributed by atoms with Crippen LogP contribution in [-0.4, -0.2) is 36.0 Å². The van der Waals surface area contributed by atoms with Crippen molar-refractivity contribution in [2.45, 2.75) is 13.8 Å². The molecule has 118 valence electrons. The molecular formula is C15H19ClN4O2. The third-order valence-corrected chi connectivity index (χ3v) is 3.34. The normalized spacial score (nSPS) is 11.3. The Balaban J connectivity index is 1.91. The predicted molar refractivity (Wildman–Crippen MR) is 85.1 cm³/mol. The van der Waals surface area contributed by atoms with E-state index in [1.807, 2.05) is 11.9 Å². The number of hydrogen-bond donors (Lipinski definition) is 1. The van der Waals surface area contributed by atoms with Crippen molar-refractivity contribution in [1.82, 2.24) is 15.3 Å². The quantitative estimate of drug-likeness (QED) is 0.885. The van der Waals surface area contributed by atoms with Crippen molar-refractivity contribution < 1.29 is 9.21 Å². The summed E-state index contributed by atoms with van der Waals surface area (Å²) < 4.78 is 4.90. The second-order valence-corrected chi connectivity index (χ2v) is 6.30. The maximum Gasteiger partial charge on any atom is 0.254 e. The van der Waals surface area contributed by atoms with E-state index in [-0.39, 0.29) is 11.3 Å². The highest BCUT2D eigenvalue weighted by atomic mass is 35.5. The van der Waals surface area contributed by atoms with Gasteiger partial charge >= 0.3 is 0 Å². The van der Waals surface area contributed by atoms with Crippen molar-refractivity contribution in [3.05, 3.63) is 41.7 Å². The van der Waals surface area contributed by atoms with Gasteiger partial charge in [0.2, 0.25) is 0 Å². The van der Waals surface area contributed by atoms with Crippen LogP contribution in [0.3, 0.4) is 0 Å². The summed E-state index contributed by atoms with van der Waals surface area (Å²) in [5.41, 5.74) is 0.364. The molecule has 0 saturated carbocycles. The van der Waals surface area contributed by atoms with Crippen LogP contribution in [0.4, 0.5) is 5.82 Å². The summed E-state index contributed by atoms with van der Waals surface area (Å²) in [7, 11) is 1.92. The molecule has 0 aliphatic rings. The number of nitrogens with zero attached hydrogens (tertiary/aromatic N) is 3. The van der Waals surface area contributed by atoms with Crippen LogP contribution >= 0.6 is 11.6 Å². The average Bonchev–Trinajstić information content (AvgIpc) is 2.98. The maximum atomic E-state index is 11.9. The highest BCUT2D eigenvalue weighted by Gasteiger charge is 2.22. The van der Waals surface area contributed by atoms with Crippen LogP contribution in [0.1, 0.15) is 24.2 Å². The Morgan fingerprint density at radius 2 is 2.23 bits per heavy atom. The van der Waals surface area contributed by atoms with Gasteiger partial charge in [-0.2, -0.15) is 0 Å². The molecule has 6 nitrogen and oxygen atoms in total. The minimum atomic E-state index is -0.155. The van der Waals surface area contributed by atoms with Crippen LogP contribution in [0.25, 0.3) is 0 Å². The van der Waals surface area contributed by atoms with E-state index in [1.165, 1.54) is 18.7 Å². The maximum absolute atomic E-state index is 11.9. The summed E-state index contributed by atoms with van der Waals surface area (Å²) in [4.78, 5) is 22.1. The first-order valence-corrected chi connectivity index (χ1v) is 7.24. The number of anilines is 1. The molecule has 1 amide bonds. The van der Waals surface area contributed by atoms with Gasteiger partial charge in [-0.3, -0.25) is 9.78 Å². The van der Waals surface area contributed by atoms with E-state index in [1.54, 1.807) is 12.3 Å². The number of furan rings is 1. The molecular weight excluding hydrogens is 304 g/mol. The van der Waals surface area contributed by atoms with Crippen LogP contribution in [0.5, 0.6) is 0 Å². The number of aromatic nitrogens is 2. The topological polar surface area (TPSA) is 71.3 Å². The van der Waals surface area contributed by atoms with Crippen molar-refractivity contribution in [1.29, 1.82) is 0 Å². The molecule has 0 radical (unpaired) electrons. The molecule has 0 aromatic carbocycles. The van der Waals surface area contributed by atoms with E-state index in [2.05, 4.69) is 29.1 Å². The first-order chi connectivity index (χ1) is 10.4. The zero-order valence-corrected chi connectivity index (χ0v) is 13.6. The van der Waals surface area contributed by atoms with E-state index in [4.69, 9.17) is 16.0 Å². The Bertz CT molecular complexity index is 628. The van der Waals surface area contributed by atoms with Gasteiger partial charge < -0.3 is 14.6 Å². The molecule has 0 saturated heterocycles. The van der Waals surface area contributed by atoms with E-state index < -0.39 is 0 Å². The molecule has 0 unspecified atom stereocenters. The monoisotopic (exact) mass is 322 g/mol. The van der Waals surface area contributed by atoms with Crippen LogP contribution in [-0.2, 0) is 0 Å². The summed E-state index contributed by atoms with van der Waals surface area (Å²) in [5, 5.41) is 3.26. The standard InChI is InChI=1S/C15H19ClN4O2/c1-15(2,9-18-14(21)11-4-5-22-8-11)10-20(3)13-7-17-6-12(16)19-13/h4-8H,9-10H2,1-3H3,(H,18,21). The second-order valence-electron chi connectivity index (χ2n) is 5.91. The number of rotatable bonds is 6. The molecule has 2 aromatic heterocycles. The number of nitrogens with one attached hydrogen (secondary N) is 1. The fourth-order valence-corrected chi connectivity index (χ4v) is 2.25. The van der Waals surface area contributed by atoms with E-state index in [9.17, 15) is 4.79 Å². The lowest BCUT2D eigenvalue weighted by Crippen LogP contribution is -2.41. The fraction of sp³-hybridized carbons (Fsp3) is 0.400. The second kappa shape index (κ2) is 6.79. The van der Waals surface area contributed by atoms with Crippen LogP contribution in [0.2, 0.25) is 5.15 Å². The molecule has 0 aliphatic heterocycles. The van der Waals surface area contributed by atoms with Gasteiger partial charge in [0.25, 0.3) is 5.91 Å². The third-order valence-electron chi connectivity index (χ3n) is 3.16. The van der Waals surface area contributed by atoms with Crippen molar-refractivity contribution in [2.24, 2.45) is 5.41 Å². The van der Waals surface area contributed by atoms with Crippen LogP contribution in [0, 0.1) is 5.41 Å². The first-order valence-electron chi connectivity index (χ1n) is 6.86. The van der Waals surface area contributed by atoms with Gasteiger partial charge in [0.1, 0.15) is 17.2 Å². The van der Waals surface area contributed by atoms with Gasteiger partial charge in [0.15, 0.2) is 0 Å². The minimum absolute atomic E-state index is 0.146. The number of carbonyl (C=O) groups excluding carboxylic acids is 1. The Morgan fingerprint density at radius 1 is 1.45 bits per heavy atom. The van der Waals surface area contributed by atoms with Crippen molar-refractivity contribution in [3.63, 3.8) is 0 Å². The highest BCUT2D eigenvalue weighted by molar-refractivity contribution is 6.29. The highest BCUT2D eigenvalue weighted by Crippen LogP contribution is 2.19. The summed E-state index contributed by atoms with van der Waals surface area (Å²) in [5.74, 6) is 0.550. The Labute approximate surface area is 134 Å². The van der Waals surface area contributed by atoms with E-state index in [0.717, 1.165) is 0 Å². The summed E-state index contributed by atoms with van der Waals surface area (Å²) in [6.45, 7) is 5.34. The van der Waals surface area contributed by atoms with E-state index in [0.29, 0.717) is 29.6 Å². The number of carbonyl (C=O) groups is 1. The third kappa shape index (κ3) is 4.46. The van der Waals surface area contributed by atoms with E-state index >= 15 is 0 Å². The SMILES string of the molecule is CN(CC(C)(C)CNC(=O)c1ccoc1)c1cncc(Cl)n1. The van der Waals surface area contributed by atoms with Gasteiger partial charge in [0, 0.05) is 20.1 Å². The summed E-state index contributed by atoms with van der Waals surface area (Å²) in [6, 6.07) is 1.63. The summed E-state index contributed by atoms with van der Waals surface area (Å²) >= 11 is 5.85.